The molecule has 0 amide bonds. The smallest absolute Gasteiger partial charge is 0.134 e. The minimum absolute atomic E-state index is 0.481. The zero-order valence-electron chi connectivity index (χ0n) is 10.4. The molecule has 0 aliphatic carbocycles. The second-order valence-corrected chi connectivity index (χ2v) is 5.23. The predicted molar refractivity (Wildman–Crippen MR) is 75.5 cm³/mol. The van der Waals surface area contributed by atoms with Gasteiger partial charge in [-0.1, -0.05) is 18.5 Å². The zero-order chi connectivity index (χ0) is 13.0. The van der Waals surface area contributed by atoms with E-state index < -0.39 is 0 Å². The van der Waals surface area contributed by atoms with E-state index in [9.17, 15) is 0 Å². The second-order valence-electron chi connectivity index (χ2n) is 3.91. The van der Waals surface area contributed by atoms with Gasteiger partial charge in [0.05, 0.1) is 5.01 Å². The van der Waals surface area contributed by atoms with Crippen LogP contribution in [0.25, 0.3) is 0 Å². The molecule has 4 nitrogen and oxygen atoms in total. The molecule has 2 aromatic rings. The van der Waals surface area contributed by atoms with Gasteiger partial charge in [-0.2, -0.15) is 0 Å². The first-order chi connectivity index (χ1) is 8.67. The van der Waals surface area contributed by atoms with Crippen molar-refractivity contribution < 1.29 is 0 Å². The highest BCUT2D eigenvalue weighted by Crippen LogP contribution is 2.13. The van der Waals surface area contributed by atoms with Crippen LogP contribution in [-0.2, 0) is 12.8 Å². The third-order valence-electron chi connectivity index (χ3n) is 2.37. The van der Waals surface area contributed by atoms with Crippen molar-refractivity contribution in [3.05, 3.63) is 33.1 Å². The van der Waals surface area contributed by atoms with E-state index in [0.29, 0.717) is 5.15 Å². The molecule has 96 valence electrons. The molecule has 0 radical (unpaired) electrons. The largest absolute Gasteiger partial charge is 0.369 e. The van der Waals surface area contributed by atoms with Gasteiger partial charge in [-0.15, -0.1) is 11.3 Å². The van der Waals surface area contributed by atoms with Gasteiger partial charge in [0.1, 0.15) is 16.8 Å². The van der Waals surface area contributed by atoms with Crippen LogP contribution in [0.5, 0.6) is 0 Å². The Bertz CT molecular complexity index is 527. The lowest BCUT2D eigenvalue weighted by molar-refractivity contribution is 0.921. The van der Waals surface area contributed by atoms with E-state index >= 15 is 0 Å². The average Bonchev–Trinajstić information content (AvgIpc) is 2.74. The van der Waals surface area contributed by atoms with Crippen LogP contribution in [0.15, 0.2) is 11.4 Å². The quantitative estimate of drug-likeness (QED) is 0.856. The molecule has 0 aliphatic rings. The zero-order valence-corrected chi connectivity index (χ0v) is 12.0. The minimum atomic E-state index is 0.481. The summed E-state index contributed by atoms with van der Waals surface area (Å²) in [6.07, 6.45) is 1.67. The normalized spacial score (nSPS) is 10.6. The Morgan fingerprint density at radius 2 is 2.17 bits per heavy atom. The molecule has 2 rings (SSSR count). The summed E-state index contributed by atoms with van der Waals surface area (Å²) in [4.78, 5) is 12.9. The van der Waals surface area contributed by atoms with E-state index in [2.05, 4.69) is 25.6 Å². The van der Waals surface area contributed by atoms with E-state index in [1.807, 2.05) is 13.8 Å². The number of anilines is 1. The lowest BCUT2D eigenvalue weighted by atomic mass is 10.4. The molecule has 0 fully saturated rings. The van der Waals surface area contributed by atoms with Crippen LogP contribution in [-0.4, -0.2) is 21.5 Å². The molecule has 0 aliphatic heterocycles. The van der Waals surface area contributed by atoms with E-state index in [4.69, 9.17) is 11.6 Å². The van der Waals surface area contributed by atoms with Crippen molar-refractivity contribution >= 4 is 28.8 Å². The topological polar surface area (TPSA) is 50.7 Å². The Morgan fingerprint density at radius 1 is 1.33 bits per heavy atom. The van der Waals surface area contributed by atoms with Gasteiger partial charge in [-0.05, 0) is 6.92 Å². The number of thiazole rings is 1. The van der Waals surface area contributed by atoms with Crippen molar-refractivity contribution in [2.45, 2.75) is 26.7 Å². The molecule has 0 atom stereocenters. The van der Waals surface area contributed by atoms with E-state index in [0.717, 1.165) is 41.7 Å². The van der Waals surface area contributed by atoms with Crippen LogP contribution >= 0.6 is 22.9 Å². The minimum Gasteiger partial charge on any atom is -0.369 e. The van der Waals surface area contributed by atoms with Crippen molar-refractivity contribution in [2.24, 2.45) is 0 Å². The number of aryl methyl sites for hydroxylation is 2. The summed E-state index contributed by atoms with van der Waals surface area (Å²) in [6, 6.07) is 1.74. The highest BCUT2D eigenvalue weighted by atomic mass is 35.5. The standard InChI is InChI=1S/C12H15ClN4S/c1-3-10-16-9(13)6-11(17-10)14-5-4-12-15-8(2)7-18-12/h6-7H,3-5H2,1-2H3,(H,14,16,17). The van der Waals surface area contributed by atoms with Crippen LogP contribution in [0.3, 0.4) is 0 Å². The van der Waals surface area contributed by atoms with Gasteiger partial charge in [-0.25, -0.2) is 15.0 Å². The molecule has 0 saturated heterocycles. The SMILES string of the molecule is CCc1nc(Cl)cc(NCCc2nc(C)cs2)n1. The molecule has 1 N–H and O–H groups in total. The number of hydrogen-bond donors (Lipinski definition) is 1. The fourth-order valence-electron chi connectivity index (χ4n) is 1.53. The van der Waals surface area contributed by atoms with Crippen molar-refractivity contribution in [1.82, 2.24) is 15.0 Å². The summed E-state index contributed by atoms with van der Waals surface area (Å²) < 4.78 is 0. The summed E-state index contributed by atoms with van der Waals surface area (Å²) in [5, 5.41) is 6.93. The molecule has 0 bridgehead atoms. The number of nitrogens with zero attached hydrogens (tertiary/aromatic N) is 3. The third kappa shape index (κ3) is 3.65. The van der Waals surface area contributed by atoms with Crippen LogP contribution in [0.2, 0.25) is 5.15 Å². The highest BCUT2D eigenvalue weighted by molar-refractivity contribution is 7.09. The monoisotopic (exact) mass is 282 g/mol. The van der Waals surface area contributed by atoms with Crippen LogP contribution < -0.4 is 5.32 Å². The number of hydrogen-bond acceptors (Lipinski definition) is 5. The first-order valence-electron chi connectivity index (χ1n) is 5.85. The van der Waals surface area contributed by atoms with Crippen LogP contribution in [0.1, 0.15) is 23.4 Å². The highest BCUT2D eigenvalue weighted by Gasteiger charge is 2.02. The lowest BCUT2D eigenvalue weighted by Gasteiger charge is -2.06. The fourth-order valence-corrected chi connectivity index (χ4v) is 2.51. The first kappa shape index (κ1) is 13.2. The molecule has 0 unspecified atom stereocenters. The Labute approximate surface area is 115 Å². The third-order valence-corrected chi connectivity index (χ3v) is 3.59. The van der Waals surface area contributed by atoms with E-state index in [-0.39, 0.29) is 0 Å². The number of rotatable bonds is 5. The Hall–Kier alpha value is -1.20. The van der Waals surface area contributed by atoms with Crippen molar-refractivity contribution in [2.75, 3.05) is 11.9 Å². The maximum absolute atomic E-state index is 5.93. The molecule has 0 aromatic carbocycles. The second kappa shape index (κ2) is 6.11. The van der Waals surface area contributed by atoms with Gasteiger partial charge < -0.3 is 5.32 Å². The molecule has 0 spiro atoms. The summed E-state index contributed by atoms with van der Waals surface area (Å²) in [7, 11) is 0. The summed E-state index contributed by atoms with van der Waals surface area (Å²) in [6.45, 7) is 4.81. The average molecular weight is 283 g/mol. The van der Waals surface area contributed by atoms with E-state index in [1.54, 1.807) is 17.4 Å². The number of aromatic nitrogens is 3. The fraction of sp³-hybridized carbons (Fsp3) is 0.417. The Kier molecular flexibility index (Phi) is 4.49. The van der Waals surface area contributed by atoms with Gasteiger partial charge >= 0.3 is 0 Å². The maximum atomic E-state index is 5.93. The molecule has 0 saturated carbocycles. The van der Waals surface area contributed by atoms with E-state index in [1.165, 1.54) is 0 Å². The van der Waals surface area contributed by atoms with Crippen LogP contribution in [0.4, 0.5) is 5.82 Å². The molecular formula is C12H15ClN4S. The Balaban J connectivity index is 1.91. The van der Waals surface area contributed by atoms with Crippen molar-refractivity contribution in [3.63, 3.8) is 0 Å². The molecule has 6 heteroatoms. The van der Waals surface area contributed by atoms with Gasteiger partial charge in [0, 0.05) is 36.5 Å². The van der Waals surface area contributed by atoms with Crippen LogP contribution in [0, 0.1) is 6.92 Å². The summed E-state index contributed by atoms with van der Waals surface area (Å²) in [5.41, 5.74) is 1.08. The molecule has 18 heavy (non-hydrogen) atoms. The predicted octanol–water partition coefficient (Wildman–Crippen LogP) is 3.11. The number of nitrogens with one attached hydrogen (secondary N) is 1. The molecule has 2 aromatic heterocycles. The molecular weight excluding hydrogens is 268 g/mol. The van der Waals surface area contributed by atoms with Gasteiger partial charge in [0.15, 0.2) is 0 Å². The Morgan fingerprint density at radius 3 is 2.83 bits per heavy atom. The summed E-state index contributed by atoms with van der Waals surface area (Å²) >= 11 is 7.61. The van der Waals surface area contributed by atoms with Crippen molar-refractivity contribution in [1.29, 1.82) is 0 Å². The number of halogens is 1. The first-order valence-corrected chi connectivity index (χ1v) is 7.11. The van der Waals surface area contributed by atoms with Gasteiger partial charge in [-0.3, -0.25) is 0 Å². The van der Waals surface area contributed by atoms with Gasteiger partial charge in [0.2, 0.25) is 0 Å². The van der Waals surface area contributed by atoms with Gasteiger partial charge in [0.25, 0.3) is 0 Å². The lowest BCUT2D eigenvalue weighted by Crippen LogP contribution is -2.08. The summed E-state index contributed by atoms with van der Waals surface area (Å²) in [5.74, 6) is 1.54. The van der Waals surface area contributed by atoms with Crippen molar-refractivity contribution in [3.8, 4) is 0 Å². The molecule has 2 heterocycles. The maximum Gasteiger partial charge on any atom is 0.134 e.